The van der Waals surface area contributed by atoms with E-state index in [-0.39, 0.29) is 0 Å². The summed E-state index contributed by atoms with van der Waals surface area (Å²) >= 11 is 0. The fraction of sp³-hybridized carbons (Fsp3) is 0.0667. The molecule has 0 saturated heterocycles. The summed E-state index contributed by atoms with van der Waals surface area (Å²) in [6.45, 7) is 2.06. The Hall–Kier alpha value is -2.42. The number of hydrogen-bond donors (Lipinski definition) is 1. The van der Waals surface area contributed by atoms with E-state index in [0.29, 0.717) is 5.95 Å². The van der Waals surface area contributed by atoms with E-state index in [4.69, 9.17) is 0 Å². The third kappa shape index (κ3) is 2.02. The molecule has 0 spiro atoms. The fourth-order valence-corrected chi connectivity index (χ4v) is 1.87. The molecule has 0 aliphatic heterocycles. The fourth-order valence-electron chi connectivity index (χ4n) is 1.87. The van der Waals surface area contributed by atoms with E-state index in [9.17, 15) is 0 Å². The van der Waals surface area contributed by atoms with Gasteiger partial charge in [-0.25, -0.2) is 9.97 Å². The number of anilines is 2. The van der Waals surface area contributed by atoms with Gasteiger partial charge in [-0.05, 0) is 24.6 Å². The summed E-state index contributed by atoms with van der Waals surface area (Å²) in [5, 5.41) is 4.29. The highest BCUT2D eigenvalue weighted by Crippen LogP contribution is 2.19. The van der Waals surface area contributed by atoms with Gasteiger partial charge in [0.2, 0.25) is 5.95 Å². The number of rotatable bonds is 2. The van der Waals surface area contributed by atoms with Crippen molar-refractivity contribution in [3.63, 3.8) is 0 Å². The van der Waals surface area contributed by atoms with Gasteiger partial charge in [0.15, 0.2) is 0 Å². The molecule has 0 aliphatic carbocycles. The van der Waals surface area contributed by atoms with Gasteiger partial charge in [0.1, 0.15) is 0 Å². The summed E-state index contributed by atoms with van der Waals surface area (Å²) in [6.07, 6.45) is 1.84. The van der Waals surface area contributed by atoms with Gasteiger partial charge in [-0.1, -0.05) is 36.4 Å². The van der Waals surface area contributed by atoms with Crippen LogP contribution in [0.25, 0.3) is 10.9 Å². The summed E-state index contributed by atoms with van der Waals surface area (Å²) in [4.78, 5) is 8.81. The van der Waals surface area contributed by atoms with E-state index in [1.165, 1.54) is 5.56 Å². The number of fused-ring (bicyclic) bond motifs is 1. The van der Waals surface area contributed by atoms with Crippen LogP contribution in [0.2, 0.25) is 0 Å². The first-order chi connectivity index (χ1) is 8.83. The molecule has 1 aromatic heterocycles. The minimum Gasteiger partial charge on any atom is -0.324 e. The second kappa shape index (κ2) is 4.45. The maximum Gasteiger partial charge on any atom is 0.227 e. The van der Waals surface area contributed by atoms with Crippen molar-refractivity contribution < 1.29 is 0 Å². The van der Waals surface area contributed by atoms with Gasteiger partial charge in [0, 0.05) is 17.3 Å². The molecule has 0 amide bonds. The van der Waals surface area contributed by atoms with Crippen LogP contribution in [-0.2, 0) is 0 Å². The molecule has 3 nitrogen and oxygen atoms in total. The van der Waals surface area contributed by atoms with Gasteiger partial charge in [0.05, 0.1) is 5.52 Å². The minimum atomic E-state index is 0.628. The molecule has 3 aromatic rings. The first-order valence-electron chi connectivity index (χ1n) is 5.87. The lowest BCUT2D eigenvalue weighted by Gasteiger charge is -2.07. The predicted octanol–water partition coefficient (Wildman–Crippen LogP) is 3.68. The van der Waals surface area contributed by atoms with Crippen LogP contribution < -0.4 is 5.32 Å². The topological polar surface area (TPSA) is 37.8 Å². The van der Waals surface area contributed by atoms with E-state index in [1.807, 2.05) is 48.7 Å². The lowest BCUT2D eigenvalue weighted by atomic mass is 10.2. The van der Waals surface area contributed by atoms with Crippen molar-refractivity contribution in [3.05, 3.63) is 60.3 Å². The predicted molar refractivity (Wildman–Crippen MR) is 74.0 cm³/mol. The monoisotopic (exact) mass is 235 g/mol. The average Bonchev–Trinajstić information content (AvgIpc) is 2.41. The molecule has 3 heteroatoms. The molecule has 0 aliphatic rings. The van der Waals surface area contributed by atoms with Crippen molar-refractivity contribution in [2.75, 3.05) is 5.32 Å². The zero-order valence-corrected chi connectivity index (χ0v) is 10.1. The van der Waals surface area contributed by atoms with Crippen molar-refractivity contribution in [1.29, 1.82) is 0 Å². The van der Waals surface area contributed by atoms with Crippen molar-refractivity contribution in [2.24, 2.45) is 0 Å². The SMILES string of the molecule is Cc1ccccc1Nc1ncc2ccccc2n1. The molecule has 18 heavy (non-hydrogen) atoms. The van der Waals surface area contributed by atoms with E-state index >= 15 is 0 Å². The third-order valence-corrected chi connectivity index (χ3v) is 2.88. The molecule has 0 atom stereocenters. The van der Waals surface area contributed by atoms with Crippen molar-refractivity contribution in [3.8, 4) is 0 Å². The standard InChI is InChI=1S/C15H13N3/c1-11-6-2-4-8-13(11)17-15-16-10-12-7-3-5-9-14(12)18-15/h2-10H,1H3,(H,16,17,18). The van der Waals surface area contributed by atoms with Crippen molar-refractivity contribution in [2.45, 2.75) is 6.92 Å². The highest BCUT2D eigenvalue weighted by molar-refractivity contribution is 5.78. The summed E-state index contributed by atoms with van der Waals surface area (Å²) in [6, 6.07) is 16.1. The van der Waals surface area contributed by atoms with E-state index in [1.54, 1.807) is 0 Å². The summed E-state index contributed by atoms with van der Waals surface area (Å²) in [7, 11) is 0. The van der Waals surface area contributed by atoms with Crippen LogP contribution in [0.1, 0.15) is 5.56 Å². The highest BCUT2D eigenvalue weighted by atomic mass is 15.1. The summed E-state index contributed by atoms with van der Waals surface area (Å²) in [5.41, 5.74) is 3.16. The quantitative estimate of drug-likeness (QED) is 0.736. The van der Waals surface area contributed by atoms with Crippen LogP contribution in [0.15, 0.2) is 54.7 Å². The van der Waals surface area contributed by atoms with Crippen LogP contribution in [-0.4, -0.2) is 9.97 Å². The maximum atomic E-state index is 4.49. The van der Waals surface area contributed by atoms with Gasteiger partial charge in [-0.3, -0.25) is 0 Å². The smallest absolute Gasteiger partial charge is 0.227 e. The number of nitrogens with zero attached hydrogens (tertiary/aromatic N) is 2. The van der Waals surface area contributed by atoms with Crippen LogP contribution in [0.5, 0.6) is 0 Å². The molecule has 0 saturated carbocycles. The first kappa shape index (κ1) is 10.7. The Morgan fingerprint density at radius 2 is 1.72 bits per heavy atom. The lowest BCUT2D eigenvalue weighted by Crippen LogP contribution is -1.98. The number of aryl methyl sites for hydroxylation is 1. The second-order valence-corrected chi connectivity index (χ2v) is 4.19. The molecule has 1 heterocycles. The van der Waals surface area contributed by atoms with Gasteiger partial charge >= 0.3 is 0 Å². The Balaban J connectivity index is 1.98. The molecule has 0 bridgehead atoms. The zero-order chi connectivity index (χ0) is 12.4. The molecule has 1 N–H and O–H groups in total. The normalized spacial score (nSPS) is 10.5. The van der Waals surface area contributed by atoms with Crippen LogP contribution in [0, 0.1) is 6.92 Å². The summed E-state index contributed by atoms with van der Waals surface area (Å²) in [5.74, 6) is 0.628. The highest BCUT2D eigenvalue weighted by Gasteiger charge is 2.01. The zero-order valence-electron chi connectivity index (χ0n) is 10.1. The summed E-state index contributed by atoms with van der Waals surface area (Å²) < 4.78 is 0. The van der Waals surface area contributed by atoms with Gasteiger partial charge in [-0.2, -0.15) is 0 Å². The number of aromatic nitrogens is 2. The lowest BCUT2D eigenvalue weighted by molar-refractivity contribution is 1.21. The maximum absolute atomic E-state index is 4.49. The Labute approximate surface area is 106 Å². The van der Waals surface area contributed by atoms with Crippen molar-refractivity contribution >= 4 is 22.5 Å². The molecule has 0 radical (unpaired) electrons. The number of benzene rings is 2. The molecule has 0 fully saturated rings. The number of hydrogen-bond acceptors (Lipinski definition) is 3. The third-order valence-electron chi connectivity index (χ3n) is 2.88. The molecular weight excluding hydrogens is 222 g/mol. The second-order valence-electron chi connectivity index (χ2n) is 4.19. The minimum absolute atomic E-state index is 0.628. The molecule has 3 rings (SSSR count). The average molecular weight is 235 g/mol. The van der Waals surface area contributed by atoms with Crippen LogP contribution >= 0.6 is 0 Å². The van der Waals surface area contributed by atoms with E-state index < -0.39 is 0 Å². The molecule has 0 unspecified atom stereocenters. The van der Waals surface area contributed by atoms with Crippen LogP contribution in [0.4, 0.5) is 11.6 Å². The Bertz CT molecular complexity index is 692. The van der Waals surface area contributed by atoms with Gasteiger partial charge < -0.3 is 5.32 Å². The van der Waals surface area contributed by atoms with E-state index in [0.717, 1.165) is 16.6 Å². The Morgan fingerprint density at radius 1 is 0.944 bits per heavy atom. The van der Waals surface area contributed by atoms with Crippen LogP contribution in [0.3, 0.4) is 0 Å². The largest absolute Gasteiger partial charge is 0.324 e. The van der Waals surface area contributed by atoms with Gasteiger partial charge in [-0.15, -0.1) is 0 Å². The van der Waals surface area contributed by atoms with Crippen molar-refractivity contribution in [1.82, 2.24) is 9.97 Å². The Kier molecular flexibility index (Phi) is 2.65. The van der Waals surface area contributed by atoms with Gasteiger partial charge in [0.25, 0.3) is 0 Å². The van der Waals surface area contributed by atoms with E-state index in [2.05, 4.69) is 28.3 Å². The first-order valence-corrected chi connectivity index (χ1v) is 5.87. The molecule has 2 aromatic carbocycles. The molecular formula is C15H13N3. The number of para-hydroxylation sites is 2. The number of nitrogens with one attached hydrogen (secondary N) is 1. The Morgan fingerprint density at radius 3 is 2.61 bits per heavy atom. The molecule has 88 valence electrons.